The summed E-state index contributed by atoms with van der Waals surface area (Å²) in [4.78, 5) is 16.6. The van der Waals surface area contributed by atoms with E-state index in [1.165, 1.54) is 16.7 Å². The number of halogens is 1. The summed E-state index contributed by atoms with van der Waals surface area (Å²) in [6.07, 6.45) is 0.723. The van der Waals surface area contributed by atoms with Gasteiger partial charge in [-0.25, -0.2) is 4.79 Å². The molecule has 0 atom stereocenters. The molecule has 0 unspecified atom stereocenters. The largest absolute Gasteiger partial charge is 0.492 e. The van der Waals surface area contributed by atoms with Crippen LogP contribution in [0.3, 0.4) is 0 Å². The molecule has 1 aliphatic rings. The van der Waals surface area contributed by atoms with Crippen LogP contribution in [-0.4, -0.2) is 48.8 Å². The molecule has 0 amide bonds. The molecular formula is C32H31ClN2O3. The summed E-state index contributed by atoms with van der Waals surface area (Å²) in [7, 11) is 0. The van der Waals surface area contributed by atoms with Gasteiger partial charge in [-0.3, -0.25) is 4.90 Å². The van der Waals surface area contributed by atoms with Crippen molar-refractivity contribution in [3.63, 3.8) is 0 Å². The van der Waals surface area contributed by atoms with Crippen molar-refractivity contribution in [1.82, 2.24) is 4.90 Å². The van der Waals surface area contributed by atoms with E-state index >= 15 is 0 Å². The van der Waals surface area contributed by atoms with Crippen molar-refractivity contribution in [2.45, 2.75) is 13.0 Å². The van der Waals surface area contributed by atoms with Gasteiger partial charge in [0.1, 0.15) is 11.3 Å². The summed E-state index contributed by atoms with van der Waals surface area (Å²) >= 11 is 6.09. The fourth-order valence-electron chi connectivity index (χ4n) is 4.90. The molecule has 1 saturated heterocycles. The van der Waals surface area contributed by atoms with Crippen LogP contribution in [0.2, 0.25) is 5.02 Å². The molecule has 0 bridgehead atoms. The van der Waals surface area contributed by atoms with Gasteiger partial charge >= 0.3 is 5.97 Å². The lowest BCUT2D eigenvalue weighted by Crippen LogP contribution is -2.46. The number of nitrogens with zero attached hydrogens (tertiary/aromatic N) is 2. The molecule has 1 heterocycles. The maximum absolute atomic E-state index is 11.8. The second-order valence-corrected chi connectivity index (χ2v) is 9.93. The van der Waals surface area contributed by atoms with E-state index in [2.05, 4.69) is 46.2 Å². The van der Waals surface area contributed by atoms with Gasteiger partial charge in [-0.05, 0) is 46.5 Å². The zero-order valence-electron chi connectivity index (χ0n) is 21.2. The number of carboxylic acids is 1. The number of aromatic carboxylic acids is 1. The Morgan fingerprint density at radius 2 is 1.55 bits per heavy atom. The van der Waals surface area contributed by atoms with E-state index in [-0.39, 0.29) is 5.56 Å². The lowest BCUT2D eigenvalue weighted by atomic mass is 9.99. The SMILES string of the molecule is O=C(O)c1ccc(N2CCN(Cc3ccccc3-c3ccc(Cl)cc3)CC2)cc1OCCc1ccccc1. The Labute approximate surface area is 228 Å². The molecule has 4 aromatic rings. The zero-order valence-corrected chi connectivity index (χ0v) is 22.0. The Balaban J connectivity index is 1.22. The van der Waals surface area contributed by atoms with Crippen molar-refractivity contribution in [3.8, 4) is 16.9 Å². The van der Waals surface area contributed by atoms with Crippen LogP contribution in [0.4, 0.5) is 5.69 Å². The van der Waals surface area contributed by atoms with E-state index in [0.717, 1.165) is 55.4 Å². The molecule has 6 heteroatoms. The van der Waals surface area contributed by atoms with Crippen LogP contribution in [0.1, 0.15) is 21.5 Å². The number of piperazine rings is 1. The van der Waals surface area contributed by atoms with E-state index in [0.29, 0.717) is 12.4 Å². The summed E-state index contributed by atoms with van der Waals surface area (Å²) in [5.41, 5.74) is 6.04. The molecule has 1 aliphatic heterocycles. The van der Waals surface area contributed by atoms with Gasteiger partial charge < -0.3 is 14.7 Å². The average molecular weight is 527 g/mol. The monoisotopic (exact) mass is 526 g/mol. The normalized spacial score (nSPS) is 13.9. The highest BCUT2D eigenvalue weighted by Crippen LogP contribution is 2.29. The summed E-state index contributed by atoms with van der Waals surface area (Å²) in [6, 6.07) is 32.0. The Hall–Kier alpha value is -3.80. The molecule has 0 aliphatic carbocycles. The number of rotatable bonds is 9. The molecule has 5 rings (SSSR count). The lowest BCUT2D eigenvalue weighted by molar-refractivity contribution is 0.0692. The molecule has 1 N–H and O–H groups in total. The highest BCUT2D eigenvalue weighted by Gasteiger charge is 2.21. The molecule has 0 radical (unpaired) electrons. The minimum Gasteiger partial charge on any atom is -0.492 e. The molecular weight excluding hydrogens is 496 g/mol. The predicted octanol–water partition coefficient (Wildman–Crippen LogP) is 6.65. The first-order chi connectivity index (χ1) is 18.6. The standard InChI is InChI=1S/C32H31ClN2O3/c33-27-12-10-25(11-13-27)29-9-5-4-8-26(29)23-34-17-19-35(20-18-34)28-14-15-30(32(36)37)31(22-28)38-21-16-24-6-2-1-3-7-24/h1-15,22H,16-21,23H2,(H,36,37). The van der Waals surface area contributed by atoms with Crippen molar-refractivity contribution < 1.29 is 14.6 Å². The molecule has 194 valence electrons. The van der Waals surface area contributed by atoms with E-state index in [9.17, 15) is 9.90 Å². The van der Waals surface area contributed by atoms with Gasteiger partial charge in [0.15, 0.2) is 0 Å². The Morgan fingerprint density at radius 3 is 2.29 bits per heavy atom. The fraction of sp³-hybridized carbons (Fsp3) is 0.219. The van der Waals surface area contributed by atoms with Crippen LogP contribution in [0.25, 0.3) is 11.1 Å². The molecule has 38 heavy (non-hydrogen) atoms. The van der Waals surface area contributed by atoms with Crippen molar-refractivity contribution in [2.24, 2.45) is 0 Å². The minimum absolute atomic E-state index is 0.194. The van der Waals surface area contributed by atoms with Gasteiger partial charge in [0.2, 0.25) is 0 Å². The van der Waals surface area contributed by atoms with Crippen LogP contribution in [0, 0.1) is 0 Å². The lowest BCUT2D eigenvalue weighted by Gasteiger charge is -2.36. The van der Waals surface area contributed by atoms with E-state index in [1.807, 2.05) is 54.6 Å². The topological polar surface area (TPSA) is 53.0 Å². The van der Waals surface area contributed by atoms with Crippen molar-refractivity contribution in [1.29, 1.82) is 0 Å². The van der Waals surface area contributed by atoms with E-state index in [4.69, 9.17) is 16.3 Å². The quantitative estimate of drug-likeness (QED) is 0.264. The van der Waals surface area contributed by atoms with Gasteiger partial charge in [-0.15, -0.1) is 0 Å². The van der Waals surface area contributed by atoms with Crippen molar-refractivity contribution >= 4 is 23.3 Å². The minimum atomic E-state index is -0.976. The summed E-state index contributed by atoms with van der Waals surface area (Å²) in [6.45, 7) is 4.85. The number of carboxylic acid groups (broad SMARTS) is 1. The van der Waals surface area contributed by atoms with Gasteiger partial charge in [0, 0.05) is 55.9 Å². The summed E-state index contributed by atoms with van der Waals surface area (Å²) < 4.78 is 5.97. The van der Waals surface area contributed by atoms with Crippen LogP contribution in [0.15, 0.2) is 97.1 Å². The highest BCUT2D eigenvalue weighted by atomic mass is 35.5. The molecule has 5 nitrogen and oxygen atoms in total. The molecule has 0 aromatic heterocycles. The van der Waals surface area contributed by atoms with E-state index < -0.39 is 5.97 Å². The van der Waals surface area contributed by atoms with Gasteiger partial charge in [0.05, 0.1) is 6.61 Å². The Kier molecular flexibility index (Phi) is 8.27. The van der Waals surface area contributed by atoms with Gasteiger partial charge in [0.25, 0.3) is 0 Å². The Morgan fingerprint density at radius 1 is 0.842 bits per heavy atom. The van der Waals surface area contributed by atoms with Crippen LogP contribution < -0.4 is 9.64 Å². The predicted molar refractivity (Wildman–Crippen MR) is 153 cm³/mol. The first-order valence-corrected chi connectivity index (χ1v) is 13.3. The third-order valence-corrected chi connectivity index (χ3v) is 7.24. The fourth-order valence-corrected chi connectivity index (χ4v) is 5.03. The van der Waals surface area contributed by atoms with Crippen LogP contribution >= 0.6 is 11.6 Å². The Bertz CT molecular complexity index is 1370. The van der Waals surface area contributed by atoms with Crippen LogP contribution in [0.5, 0.6) is 5.75 Å². The van der Waals surface area contributed by atoms with Crippen LogP contribution in [-0.2, 0) is 13.0 Å². The number of anilines is 1. The first-order valence-electron chi connectivity index (χ1n) is 12.9. The third kappa shape index (κ3) is 6.36. The second-order valence-electron chi connectivity index (χ2n) is 9.50. The number of hydrogen-bond acceptors (Lipinski definition) is 4. The number of ether oxygens (including phenoxy) is 1. The zero-order chi connectivity index (χ0) is 26.3. The number of hydrogen-bond donors (Lipinski definition) is 1. The third-order valence-electron chi connectivity index (χ3n) is 6.99. The highest BCUT2D eigenvalue weighted by molar-refractivity contribution is 6.30. The second kappa shape index (κ2) is 12.2. The maximum Gasteiger partial charge on any atom is 0.339 e. The summed E-state index contributed by atoms with van der Waals surface area (Å²) in [5, 5.41) is 10.4. The molecule has 0 spiro atoms. The molecule has 0 saturated carbocycles. The van der Waals surface area contributed by atoms with Crippen molar-refractivity contribution in [2.75, 3.05) is 37.7 Å². The summed E-state index contributed by atoms with van der Waals surface area (Å²) in [5.74, 6) is -0.555. The first kappa shape index (κ1) is 25.8. The average Bonchev–Trinajstić information content (AvgIpc) is 2.95. The molecule has 1 fully saturated rings. The molecule has 4 aromatic carbocycles. The number of carbonyl (C=O) groups is 1. The van der Waals surface area contributed by atoms with Crippen molar-refractivity contribution in [3.05, 3.63) is 119 Å². The van der Waals surface area contributed by atoms with Gasteiger partial charge in [-0.1, -0.05) is 78.3 Å². The maximum atomic E-state index is 11.8. The van der Waals surface area contributed by atoms with E-state index in [1.54, 1.807) is 6.07 Å². The smallest absolute Gasteiger partial charge is 0.339 e. The van der Waals surface area contributed by atoms with Gasteiger partial charge in [-0.2, -0.15) is 0 Å². The number of benzene rings is 4.